The highest BCUT2D eigenvalue weighted by atomic mass is 16.5. The van der Waals surface area contributed by atoms with Gasteiger partial charge < -0.3 is 19.7 Å². The number of hydrogen-bond donors (Lipinski definition) is 2. The number of amides is 1. The van der Waals surface area contributed by atoms with Crippen LogP contribution in [0, 0.1) is 0 Å². The first-order valence-corrected chi connectivity index (χ1v) is 8.10. The van der Waals surface area contributed by atoms with Crippen molar-refractivity contribution in [3.05, 3.63) is 24.3 Å². The monoisotopic (exact) mass is 307 g/mol. The van der Waals surface area contributed by atoms with E-state index in [9.17, 15) is 4.79 Å². The Labute approximate surface area is 132 Å². The lowest BCUT2D eigenvalue weighted by atomic mass is 10.1. The standard InChI is InChI=1S/C17H26N2O3/c1-3-19(12-16-8-4-5-10-22-16)13-17(20)18-14-7-6-9-15(11-14)21-2/h6-7,9,11,16H,3-5,8,10,12-13H2,1-2H3,(H,18,20)/p+1/t16-/m1/s1. The summed E-state index contributed by atoms with van der Waals surface area (Å²) in [7, 11) is 1.62. The van der Waals surface area contributed by atoms with Gasteiger partial charge >= 0.3 is 0 Å². The lowest BCUT2D eigenvalue weighted by molar-refractivity contribution is -0.893. The number of methoxy groups -OCH3 is 1. The lowest BCUT2D eigenvalue weighted by Crippen LogP contribution is -3.13. The number of anilines is 1. The molecule has 2 rings (SSSR count). The van der Waals surface area contributed by atoms with Crippen LogP contribution in [-0.4, -0.2) is 45.4 Å². The molecule has 1 aliphatic rings. The normalized spacial score (nSPS) is 19.5. The smallest absolute Gasteiger partial charge is 0.279 e. The molecule has 1 fully saturated rings. The van der Waals surface area contributed by atoms with Gasteiger partial charge in [-0.15, -0.1) is 0 Å². The van der Waals surface area contributed by atoms with E-state index in [0.717, 1.165) is 44.0 Å². The SMILES string of the molecule is CC[NH+](CC(=O)Nc1cccc(OC)c1)C[C@H]1CCCCO1. The summed E-state index contributed by atoms with van der Waals surface area (Å²) in [6.45, 7) is 5.26. The van der Waals surface area contributed by atoms with Crippen LogP contribution in [0.3, 0.4) is 0 Å². The van der Waals surface area contributed by atoms with Crippen molar-refractivity contribution in [2.24, 2.45) is 0 Å². The predicted molar refractivity (Wildman–Crippen MR) is 86.5 cm³/mol. The second-order valence-electron chi connectivity index (χ2n) is 5.75. The molecule has 1 aromatic rings. The van der Waals surface area contributed by atoms with Crippen molar-refractivity contribution in [2.75, 3.05) is 38.7 Å². The van der Waals surface area contributed by atoms with Crippen molar-refractivity contribution in [1.82, 2.24) is 0 Å². The highest BCUT2D eigenvalue weighted by Gasteiger charge is 2.21. The number of quaternary nitrogens is 1. The molecule has 0 spiro atoms. The van der Waals surface area contributed by atoms with E-state index in [1.54, 1.807) is 7.11 Å². The Morgan fingerprint density at radius 2 is 2.32 bits per heavy atom. The number of likely N-dealkylation sites (N-methyl/N-ethyl adjacent to an activating group) is 1. The van der Waals surface area contributed by atoms with Crippen molar-refractivity contribution in [3.8, 4) is 5.75 Å². The molecule has 0 aliphatic carbocycles. The molecule has 122 valence electrons. The molecule has 0 radical (unpaired) electrons. The quantitative estimate of drug-likeness (QED) is 0.793. The Morgan fingerprint density at radius 3 is 3.00 bits per heavy atom. The Balaban J connectivity index is 1.82. The number of carbonyl (C=O) groups is 1. The largest absolute Gasteiger partial charge is 0.497 e. The van der Waals surface area contributed by atoms with Gasteiger partial charge in [-0.1, -0.05) is 6.07 Å². The van der Waals surface area contributed by atoms with Gasteiger partial charge in [0.1, 0.15) is 18.4 Å². The number of rotatable bonds is 7. The van der Waals surface area contributed by atoms with Gasteiger partial charge in [-0.05, 0) is 38.3 Å². The van der Waals surface area contributed by atoms with Crippen LogP contribution in [0.2, 0.25) is 0 Å². The highest BCUT2D eigenvalue weighted by Crippen LogP contribution is 2.16. The summed E-state index contributed by atoms with van der Waals surface area (Å²) in [5.74, 6) is 0.772. The summed E-state index contributed by atoms with van der Waals surface area (Å²) >= 11 is 0. The van der Waals surface area contributed by atoms with E-state index < -0.39 is 0 Å². The van der Waals surface area contributed by atoms with Crippen molar-refractivity contribution in [1.29, 1.82) is 0 Å². The van der Waals surface area contributed by atoms with E-state index in [1.807, 2.05) is 24.3 Å². The molecule has 5 heteroatoms. The maximum Gasteiger partial charge on any atom is 0.279 e. The number of carbonyl (C=O) groups excluding carboxylic acids is 1. The molecule has 0 aromatic heterocycles. The Morgan fingerprint density at radius 1 is 1.45 bits per heavy atom. The number of ether oxygens (including phenoxy) is 2. The Kier molecular flexibility index (Phi) is 6.68. The third kappa shape index (κ3) is 5.31. The third-order valence-electron chi connectivity index (χ3n) is 4.05. The molecule has 2 atom stereocenters. The van der Waals surface area contributed by atoms with Crippen LogP contribution in [-0.2, 0) is 9.53 Å². The second kappa shape index (κ2) is 8.76. The minimum absolute atomic E-state index is 0.0286. The minimum Gasteiger partial charge on any atom is -0.497 e. The van der Waals surface area contributed by atoms with Crippen LogP contribution in [0.4, 0.5) is 5.69 Å². The maximum absolute atomic E-state index is 12.2. The van der Waals surface area contributed by atoms with E-state index in [1.165, 1.54) is 11.3 Å². The summed E-state index contributed by atoms with van der Waals surface area (Å²) in [5, 5.41) is 2.94. The molecule has 2 N–H and O–H groups in total. The van der Waals surface area contributed by atoms with E-state index in [-0.39, 0.29) is 5.91 Å². The van der Waals surface area contributed by atoms with Crippen LogP contribution >= 0.6 is 0 Å². The fourth-order valence-corrected chi connectivity index (χ4v) is 2.76. The summed E-state index contributed by atoms with van der Waals surface area (Å²) < 4.78 is 10.9. The van der Waals surface area contributed by atoms with Gasteiger partial charge in [0.05, 0.1) is 13.7 Å². The first-order valence-electron chi connectivity index (χ1n) is 8.10. The van der Waals surface area contributed by atoms with Crippen molar-refractivity contribution in [3.63, 3.8) is 0 Å². The topological polar surface area (TPSA) is 52.0 Å². The second-order valence-corrected chi connectivity index (χ2v) is 5.75. The van der Waals surface area contributed by atoms with Gasteiger partial charge in [0.2, 0.25) is 0 Å². The third-order valence-corrected chi connectivity index (χ3v) is 4.05. The zero-order valence-electron chi connectivity index (χ0n) is 13.6. The minimum atomic E-state index is 0.0286. The van der Waals surface area contributed by atoms with Crippen molar-refractivity contribution < 1.29 is 19.2 Å². The van der Waals surface area contributed by atoms with E-state index >= 15 is 0 Å². The molecule has 0 saturated carbocycles. The molecule has 1 saturated heterocycles. The fourth-order valence-electron chi connectivity index (χ4n) is 2.76. The van der Waals surface area contributed by atoms with Crippen molar-refractivity contribution >= 4 is 11.6 Å². The average Bonchev–Trinajstić information content (AvgIpc) is 2.55. The first kappa shape index (κ1) is 16.8. The van der Waals surface area contributed by atoms with E-state index in [0.29, 0.717) is 12.6 Å². The first-order chi connectivity index (χ1) is 10.7. The van der Waals surface area contributed by atoms with Crippen molar-refractivity contribution in [2.45, 2.75) is 32.3 Å². The highest BCUT2D eigenvalue weighted by molar-refractivity contribution is 5.91. The summed E-state index contributed by atoms with van der Waals surface area (Å²) in [6.07, 6.45) is 3.81. The number of hydrogen-bond acceptors (Lipinski definition) is 3. The molecule has 1 aliphatic heterocycles. The molecular weight excluding hydrogens is 280 g/mol. The van der Waals surface area contributed by atoms with Crippen LogP contribution in [0.5, 0.6) is 5.75 Å². The van der Waals surface area contributed by atoms with Crippen LogP contribution in [0.1, 0.15) is 26.2 Å². The Bertz CT molecular complexity index is 473. The molecule has 1 heterocycles. The lowest BCUT2D eigenvalue weighted by Gasteiger charge is -2.26. The molecular formula is C17H27N2O3+. The van der Waals surface area contributed by atoms with E-state index in [4.69, 9.17) is 9.47 Å². The molecule has 0 bridgehead atoms. The molecule has 1 amide bonds. The average molecular weight is 307 g/mol. The summed E-state index contributed by atoms with van der Waals surface area (Å²) in [5.41, 5.74) is 0.772. The van der Waals surface area contributed by atoms with Crippen LogP contribution in [0.25, 0.3) is 0 Å². The zero-order chi connectivity index (χ0) is 15.8. The zero-order valence-corrected chi connectivity index (χ0v) is 13.6. The summed E-state index contributed by atoms with van der Waals surface area (Å²) in [4.78, 5) is 13.5. The Hall–Kier alpha value is -1.59. The molecule has 1 unspecified atom stereocenters. The fraction of sp³-hybridized carbons (Fsp3) is 0.588. The van der Waals surface area contributed by atoms with Gasteiger partial charge in [-0.25, -0.2) is 0 Å². The number of benzene rings is 1. The molecule has 1 aromatic carbocycles. The summed E-state index contributed by atoms with van der Waals surface area (Å²) in [6, 6.07) is 7.43. The van der Waals surface area contributed by atoms with Crippen LogP contribution < -0.4 is 15.0 Å². The predicted octanol–water partition coefficient (Wildman–Crippen LogP) is 1.11. The van der Waals surface area contributed by atoms with Gasteiger partial charge in [-0.2, -0.15) is 0 Å². The van der Waals surface area contributed by atoms with Gasteiger partial charge in [0.25, 0.3) is 5.91 Å². The van der Waals surface area contributed by atoms with Crippen LogP contribution in [0.15, 0.2) is 24.3 Å². The van der Waals surface area contributed by atoms with Gasteiger partial charge in [-0.3, -0.25) is 4.79 Å². The molecule has 22 heavy (non-hydrogen) atoms. The maximum atomic E-state index is 12.2. The van der Waals surface area contributed by atoms with Gasteiger partial charge in [0, 0.05) is 18.4 Å². The van der Waals surface area contributed by atoms with Gasteiger partial charge in [0.15, 0.2) is 6.54 Å². The molecule has 5 nitrogen and oxygen atoms in total. The number of nitrogens with one attached hydrogen (secondary N) is 2. The van der Waals surface area contributed by atoms with E-state index in [2.05, 4.69) is 12.2 Å².